The van der Waals surface area contributed by atoms with Crippen LogP contribution in [0.15, 0.2) is 60.7 Å². The van der Waals surface area contributed by atoms with Gasteiger partial charge in [0.2, 0.25) is 0 Å². The van der Waals surface area contributed by atoms with E-state index in [9.17, 15) is 9.90 Å². The third-order valence-corrected chi connectivity index (χ3v) is 5.93. The molecule has 0 aliphatic carbocycles. The van der Waals surface area contributed by atoms with Crippen molar-refractivity contribution in [2.75, 3.05) is 0 Å². The van der Waals surface area contributed by atoms with Crippen LogP contribution in [0.25, 0.3) is 0 Å². The van der Waals surface area contributed by atoms with E-state index in [-0.39, 0.29) is 0 Å². The van der Waals surface area contributed by atoms with Gasteiger partial charge in [-0.3, -0.25) is 4.79 Å². The summed E-state index contributed by atoms with van der Waals surface area (Å²) in [7, 11) is -2.15. The first-order valence-electron chi connectivity index (χ1n) is 7.38. The SMILES string of the molecule is CC(C)(C)C(O)C(=O)O[SiH](c1ccccc1)c1ccccc1. The fourth-order valence-electron chi connectivity index (χ4n) is 2.12. The van der Waals surface area contributed by atoms with E-state index in [2.05, 4.69) is 0 Å². The molecule has 116 valence electrons. The molecule has 22 heavy (non-hydrogen) atoms. The lowest BCUT2D eigenvalue weighted by atomic mass is 9.89. The summed E-state index contributed by atoms with van der Waals surface area (Å²) in [5, 5.41) is 12.2. The van der Waals surface area contributed by atoms with Gasteiger partial charge in [0.15, 0.2) is 6.10 Å². The minimum atomic E-state index is -2.15. The van der Waals surface area contributed by atoms with Crippen LogP contribution in [0, 0.1) is 5.41 Å². The lowest BCUT2D eigenvalue weighted by molar-refractivity contribution is -0.149. The second kappa shape index (κ2) is 6.90. The lowest BCUT2D eigenvalue weighted by Gasteiger charge is -2.26. The Labute approximate surface area is 133 Å². The van der Waals surface area contributed by atoms with E-state index in [0.717, 1.165) is 10.4 Å². The highest BCUT2D eigenvalue weighted by molar-refractivity contribution is 6.81. The first kappa shape index (κ1) is 16.5. The van der Waals surface area contributed by atoms with Crippen molar-refractivity contribution in [3.63, 3.8) is 0 Å². The van der Waals surface area contributed by atoms with Gasteiger partial charge in [-0.1, -0.05) is 81.4 Å². The molecule has 1 N–H and O–H groups in total. The molecular formula is C18H22O3Si. The number of aliphatic hydroxyl groups excluding tert-OH is 1. The fraction of sp³-hybridized carbons (Fsp3) is 0.278. The van der Waals surface area contributed by atoms with Crippen molar-refractivity contribution in [2.45, 2.75) is 26.9 Å². The van der Waals surface area contributed by atoms with Crippen LogP contribution in [0.3, 0.4) is 0 Å². The van der Waals surface area contributed by atoms with Gasteiger partial charge in [0.25, 0.3) is 0 Å². The van der Waals surface area contributed by atoms with Crippen LogP contribution in [0.2, 0.25) is 0 Å². The molecule has 2 aromatic carbocycles. The molecule has 0 fully saturated rings. The van der Waals surface area contributed by atoms with E-state index < -0.39 is 26.5 Å². The van der Waals surface area contributed by atoms with Crippen LogP contribution in [0.4, 0.5) is 0 Å². The van der Waals surface area contributed by atoms with E-state index in [0.29, 0.717) is 0 Å². The summed E-state index contributed by atoms with van der Waals surface area (Å²) in [4.78, 5) is 12.3. The Bertz CT molecular complexity index is 566. The highest BCUT2D eigenvalue weighted by Crippen LogP contribution is 2.20. The largest absolute Gasteiger partial charge is 0.511 e. The van der Waals surface area contributed by atoms with Gasteiger partial charge in [-0.05, 0) is 15.8 Å². The lowest BCUT2D eigenvalue weighted by Crippen LogP contribution is -2.49. The Hall–Kier alpha value is -1.91. The summed E-state index contributed by atoms with van der Waals surface area (Å²) in [6.45, 7) is 5.46. The average molecular weight is 314 g/mol. The van der Waals surface area contributed by atoms with Crippen molar-refractivity contribution < 1.29 is 14.3 Å². The van der Waals surface area contributed by atoms with Crippen LogP contribution in [0.1, 0.15) is 20.8 Å². The molecular weight excluding hydrogens is 292 g/mol. The molecule has 1 atom stereocenters. The van der Waals surface area contributed by atoms with Gasteiger partial charge in [-0.2, -0.15) is 0 Å². The standard InChI is InChI=1S/C18H22O3Si/c1-18(2,3)16(19)17(20)21-22(14-10-6-4-7-11-14)15-12-8-5-9-13-15/h4-13,16,19,22H,1-3H3. The predicted octanol–water partition coefficient (Wildman–Crippen LogP) is 1.47. The van der Waals surface area contributed by atoms with Crippen LogP contribution >= 0.6 is 0 Å². The minimum Gasteiger partial charge on any atom is -0.511 e. The van der Waals surface area contributed by atoms with Gasteiger partial charge in [-0.15, -0.1) is 0 Å². The Morgan fingerprint density at radius 1 is 0.955 bits per heavy atom. The summed E-state index contributed by atoms with van der Waals surface area (Å²) in [5.41, 5.74) is -0.538. The van der Waals surface area contributed by atoms with Crippen molar-refractivity contribution in [1.82, 2.24) is 0 Å². The second-order valence-electron chi connectivity index (χ2n) is 6.41. The summed E-state index contributed by atoms with van der Waals surface area (Å²) in [5.74, 6) is -0.545. The monoisotopic (exact) mass is 314 g/mol. The quantitative estimate of drug-likeness (QED) is 0.870. The third-order valence-electron chi connectivity index (χ3n) is 3.48. The van der Waals surface area contributed by atoms with Crippen molar-refractivity contribution in [2.24, 2.45) is 5.41 Å². The molecule has 0 spiro atoms. The Balaban J connectivity index is 2.29. The number of benzene rings is 2. The molecule has 0 saturated carbocycles. The van der Waals surface area contributed by atoms with Gasteiger partial charge in [0.1, 0.15) is 0 Å². The number of carbonyl (C=O) groups excluding carboxylic acids is 1. The molecule has 0 amide bonds. The summed E-state index contributed by atoms with van der Waals surface area (Å²) in [6, 6.07) is 19.5. The zero-order valence-electron chi connectivity index (χ0n) is 13.2. The van der Waals surface area contributed by atoms with E-state index in [1.807, 2.05) is 81.4 Å². The van der Waals surface area contributed by atoms with Crippen LogP contribution in [0.5, 0.6) is 0 Å². The van der Waals surface area contributed by atoms with Crippen LogP contribution < -0.4 is 10.4 Å². The molecule has 0 radical (unpaired) electrons. The Morgan fingerprint density at radius 3 is 1.73 bits per heavy atom. The maximum Gasteiger partial charge on any atom is 0.322 e. The van der Waals surface area contributed by atoms with Gasteiger partial charge in [0, 0.05) is 0 Å². The van der Waals surface area contributed by atoms with Gasteiger partial charge in [0.05, 0.1) is 0 Å². The van der Waals surface area contributed by atoms with E-state index >= 15 is 0 Å². The predicted molar refractivity (Wildman–Crippen MR) is 90.9 cm³/mol. The molecule has 1 unspecified atom stereocenters. The van der Waals surface area contributed by atoms with Gasteiger partial charge in [-0.25, -0.2) is 0 Å². The normalized spacial score (nSPS) is 13.0. The molecule has 0 bridgehead atoms. The molecule has 0 saturated heterocycles. The number of hydrogen-bond acceptors (Lipinski definition) is 3. The second-order valence-corrected chi connectivity index (χ2v) is 8.74. The zero-order chi connectivity index (χ0) is 16.2. The van der Waals surface area contributed by atoms with Crippen molar-refractivity contribution in [3.05, 3.63) is 60.7 Å². The van der Waals surface area contributed by atoms with Crippen molar-refractivity contribution in [1.29, 1.82) is 0 Å². The molecule has 3 nitrogen and oxygen atoms in total. The molecule has 2 rings (SSSR count). The molecule has 2 aromatic rings. The third kappa shape index (κ3) is 4.05. The minimum absolute atomic E-state index is 0.538. The fourth-order valence-corrected chi connectivity index (χ4v) is 4.28. The average Bonchev–Trinajstić information content (AvgIpc) is 2.52. The van der Waals surface area contributed by atoms with Crippen molar-refractivity contribution >= 4 is 25.4 Å². The van der Waals surface area contributed by atoms with E-state index in [4.69, 9.17) is 4.43 Å². The summed E-state index contributed by atoms with van der Waals surface area (Å²) >= 11 is 0. The van der Waals surface area contributed by atoms with Crippen molar-refractivity contribution in [3.8, 4) is 0 Å². The highest BCUT2D eigenvalue weighted by Gasteiger charge is 2.33. The van der Waals surface area contributed by atoms with E-state index in [1.54, 1.807) is 0 Å². The zero-order valence-corrected chi connectivity index (χ0v) is 14.3. The summed E-state index contributed by atoms with van der Waals surface area (Å²) < 4.78 is 5.76. The molecule has 4 heteroatoms. The molecule has 0 heterocycles. The van der Waals surface area contributed by atoms with E-state index in [1.165, 1.54) is 0 Å². The van der Waals surface area contributed by atoms with Crippen LogP contribution in [-0.4, -0.2) is 26.2 Å². The number of carbonyl (C=O) groups is 1. The topological polar surface area (TPSA) is 46.5 Å². The Morgan fingerprint density at radius 2 is 1.36 bits per heavy atom. The van der Waals surface area contributed by atoms with Crippen LogP contribution in [-0.2, 0) is 9.22 Å². The molecule has 0 aromatic heterocycles. The summed E-state index contributed by atoms with van der Waals surface area (Å²) in [6.07, 6.45) is -1.13. The number of hydrogen-bond donors (Lipinski definition) is 1. The molecule has 0 aliphatic rings. The van der Waals surface area contributed by atoms with Gasteiger partial charge >= 0.3 is 15.0 Å². The smallest absolute Gasteiger partial charge is 0.322 e. The maximum absolute atomic E-state index is 12.3. The molecule has 0 aliphatic heterocycles. The first-order chi connectivity index (χ1) is 10.4. The number of aliphatic hydroxyl groups is 1. The highest BCUT2D eigenvalue weighted by atomic mass is 28.3. The Kier molecular flexibility index (Phi) is 5.16. The number of rotatable bonds is 4. The first-order valence-corrected chi connectivity index (χ1v) is 9.00. The van der Waals surface area contributed by atoms with Gasteiger partial charge < -0.3 is 9.53 Å². The maximum atomic E-state index is 12.3.